The third-order valence-corrected chi connectivity index (χ3v) is 4.69. The van der Waals surface area contributed by atoms with Gasteiger partial charge in [-0.1, -0.05) is 78.0 Å². The van der Waals surface area contributed by atoms with Gasteiger partial charge in [-0.2, -0.15) is 0 Å². The van der Waals surface area contributed by atoms with Crippen LogP contribution in [0.2, 0.25) is 0 Å². The van der Waals surface area contributed by atoms with Gasteiger partial charge in [-0.3, -0.25) is 4.90 Å². The molecule has 2 aromatic carbocycles. The van der Waals surface area contributed by atoms with Crippen LogP contribution in [0, 0.1) is 0 Å². The van der Waals surface area contributed by atoms with E-state index in [9.17, 15) is 0 Å². The van der Waals surface area contributed by atoms with E-state index in [1.54, 1.807) is 0 Å². The summed E-state index contributed by atoms with van der Waals surface area (Å²) >= 11 is 0. The lowest BCUT2D eigenvalue weighted by atomic mass is 9.84. The van der Waals surface area contributed by atoms with E-state index in [0.717, 1.165) is 29.8 Å². The van der Waals surface area contributed by atoms with Crippen LogP contribution in [0.5, 0.6) is 0 Å². The number of benzene rings is 2. The molecule has 1 atom stereocenters. The zero-order chi connectivity index (χ0) is 16.8. The van der Waals surface area contributed by atoms with Crippen molar-refractivity contribution >= 4 is 5.71 Å². The van der Waals surface area contributed by atoms with Gasteiger partial charge in [0, 0.05) is 12.1 Å². The summed E-state index contributed by atoms with van der Waals surface area (Å²) in [6.45, 7) is 3.63. The lowest BCUT2D eigenvalue weighted by molar-refractivity contribution is 0.122. The van der Waals surface area contributed by atoms with E-state index in [1.807, 2.05) is 36.4 Å². The summed E-state index contributed by atoms with van der Waals surface area (Å²) in [5.41, 5.74) is 3.03. The van der Waals surface area contributed by atoms with E-state index >= 15 is 0 Å². The molecule has 2 aromatic rings. The highest BCUT2D eigenvalue weighted by Crippen LogP contribution is 2.28. The summed E-state index contributed by atoms with van der Waals surface area (Å²) in [6, 6.07) is 20.5. The van der Waals surface area contributed by atoms with Crippen molar-refractivity contribution in [3.63, 3.8) is 0 Å². The molecular formula is C21H24N2O. The molecule has 0 radical (unpaired) electrons. The van der Waals surface area contributed by atoms with Gasteiger partial charge in [0.2, 0.25) is 0 Å². The van der Waals surface area contributed by atoms with Crippen molar-refractivity contribution in [2.45, 2.75) is 25.5 Å². The molecule has 0 amide bonds. The first-order chi connectivity index (χ1) is 11.7. The third-order valence-electron chi connectivity index (χ3n) is 4.69. The second-order valence-corrected chi connectivity index (χ2v) is 6.39. The number of rotatable bonds is 5. The van der Waals surface area contributed by atoms with Crippen molar-refractivity contribution in [3.8, 4) is 0 Å². The number of hydrogen-bond acceptors (Lipinski definition) is 3. The van der Waals surface area contributed by atoms with Crippen LogP contribution in [-0.4, -0.2) is 29.7 Å². The maximum Gasteiger partial charge on any atom is 0.142 e. The topological polar surface area (TPSA) is 24.8 Å². The molecule has 24 heavy (non-hydrogen) atoms. The first kappa shape index (κ1) is 16.5. The zero-order valence-corrected chi connectivity index (χ0v) is 14.4. The van der Waals surface area contributed by atoms with Gasteiger partial charge in [0.25, 0.3) is 0 Å². The minimum Gasteiger partial charge on any atom is -0.391 e. The van der Waals surface area contributed by atoms with Crippen LogP contribution in [0.4, 0.5) is 0 Å². The molecule has 1 aliphatic rings. The van der Waals surface area contributed by atoms with Crippen LogP contribution >= 0.6 is 0 Å². The van der Waals surface area contributed by atoms with Gasteiger partial charge in [-0.25, -0.2) is 0 Å². The summed E-state index contributed by atoms with van der Waals surface area (Å²) < 4.78 is 0. The Bertz CT molecular complexity index is 709. The lowest BCUT2D eigenvalue weighted by Crippen LogP contribution is -2.52. The minimum atomic E-state index is -0.174. The second-order valence-electron chi connectivity index (χ2n) is 6.39. The Labute approximate surface area is 144 Å². The normalized spacial score (nSPS) is 21.7. The van der Waals surface area contributed by atoms with Gasteiger partial charge in [-0.15, -0.1) is 0 Å². The molecule has 0 aromatic heterocycles. The molecule has 0 bridgehead atoms. The Morgan fingerprint density at radius 2 is 1.71 bits per heavy atom. The number of nitrogens with zero attached hydrogens (tertiary/aromatic N) is 2. The molecule has 3 nitrogen and oxygen atoms in total. The second kappa shape index (κ2) is 7.45. The number of oxime groups is 1. The first-order valence-electron chi connectivity index (χ1n) is 8.36. The lowest BCUT2D eigenvalue weighted by Gasteiger charge is -2.40. The molecule has 0 saturated carbocycles. The van der Waals surface area contributed by atoms with E-state index in [4.69, 9.17) is 4.84 Å². The summed E-state index contributed by atoms with van der Waals surface area (Å²) in [5.74, 6) is 0. The van der Waals surface area contributed by atoms with Gasteiger partial charge < -0.3 is 4.84 Å². The molecule has 0 spiro atoms. The van der Waals surface area contributed by atoms with Crippen molar-refractivity contribution in [1.29, 1.82) is 0 Å². The fourth-order valence-corrected chi connectivity index (χ4v) is 2.98. The zero-order valence-electron chi connectivity index (χ0n) is 14.4. The monoisotopic (exact) mass is 320 g/mol. The van der Waals surface area contributed by atoms with Crippen molar-refractivity contribution in [3.05, 3.63) is 83.9 Å². The largest absolute Gasteiger partial charge is 0.391 e. The predicted octanol–water partition coefficient (Wildman–Crippen LogP) is 4.26. The van der Waals surface area contributed by atoms with Crippen LogP contribution in [-0.2, 0) is 11.4 Å². The van der Waals surface area contributed by atoms with E-state index in [-0.39, 0.29) is 5.54 Å². The molecule has 1 aliphatic heterocycles. The highest BCUT2D eigenvalue weighted by atomic mass is 16.6. The third kappa shape index (κ3) is 3.57. The quantitative estimate of drug-likeness (QED) is 0.467. The van der Waals surface area contributed by atoms with Crippen molar-refractivity contribution in [2.24, 2.45) is 5.16 Å². The van der Waals surface area contributed by atoms with Crippen molar-refractivity contribution in [2.75, 3.05) is 13.6 Å². The average Bonchev–Trinajstić information content (AvgIpc) is 2.63. The summed E-state index contributed by atoms with van der Waals surface area (Å²) in [7, 11) is 2.14. The van der Waals surface area contributed by atoms with Crippen LogP contribution in [0.3, 0.4) is 0 Å². The standard InChI is InChI=1S/C21H24N2O/c1-21(15-9-10-16-23(21)2)20(19-13-7-4-8-14-19)22-24-17-18-11-5-3-6-12-18/h3-14H,15-17H2,1-2H3/b22-20+. The summed E-state index contributed by atoms with van der Waals surface area (Å²) in [4.78, 5) is 8.06. The molecule has 0 fully saturated rings. The minimum absolute atomic E-state index is 0.174. The van der Waals surface area contributed by atoms with Crippen LogP contribution in [0.25, 0.3) is 0 Å². The van der Waals surface area contributed by atoms with Gasteiger partial charge in [0.15, 0.2) is 0 Å². The molecule has 124 valence electrons. The van der Waals surface area contributed by atoms with Crippen LogP contribution in [0.15, 0.2) is 78.0 Å². The Kier molecular flexibility index (Phi) is 5.11. The highest BCUT2D eigenvalue weighted by Gasteiger charge is 2.36. The molecular weight excluding hydrogens is 296 g/mol. The van der Waals surface area contributed by atoms with Gasteiger partial charge in [-0.05, 0) is 26.0 Å². The Balaban J connectivity index is 1.88. The Morgan fingerprint density at radius 1 is 1.04 bits per heavy atom. The highest BCUT2D eigenvalue weighted by molar-refractivity contribution is 6.07. The van der Waals surface area contributed by atoms with Crippen molar-refractivity contribution in [1.82, 2.24) is 4.90 Å². The Hall–Kier alpha value is -2.39. The predicted molar refractivity (Wildman–Crippen MR) is 99.0 cm³/mol. The summed E-state index contributed by atoms with van der Waals surface area (Å²) in [5, 5.41) is 4.58. The molecule has 3 heteroatoms. The SMILES string of the molecule is CN1CC=CCC1(C)/C(=N/OCc1ccccc1)c1ccccc1. The molecule has 3 rings (SSSR count). The van der Waals surface area contributed by atoms with Gasteiger partial charge in [0.1, 0.15) is 12.3 Å². The fourth-order valence-electron chi connectivity index (χ4n) is 2.98. The van der Waals surface area contributed by atoms with Gasteiger partial charge in [0.05, 0.1) is 5.54 Å². The Morgan fingerprint density at radius 3 is 2.38 bits per heavy atom. The van der Waals surface area contributed by atoms with Crippen LogP contribution < -0.4 is 0 Å². The van der Waals surface area contributed by atoms with Gasteiger partial charge >= 0.3 is 0 Å². The number of hydrogen-bond donors (Lipinski definition) is 0. The average molecular weight is 320 g/mol. The molecule has 1 heterocycles. The molecule has 1 unspecified atom stereocenters. The molecule has 0 N–H and O–H groups in total. The molecule has 0 saturated heterocycles. The van der Waals surface area contributed by atoms with Crippen LogP contribution in [0.1, 0.15) is 24.5 Å². The smallest absolute Gasteiger partial charge is 0.142 e. The molecule has 0 aliphatic carbocycles. The maximum atomic E-state index is 5.74. The van der Waals surface area contributed by atoms with E-state index < -0.39 is 0 Å². The van der Waals surface area contributed by atoms with E-state index in [1.165, 1.54) is 0 Å². The van der Waals surface area contributed by atoms with E-state index in [2.05, 4.69) is 60.4 Å². The fraction of sp³-hybridized carbons (Fsp3) is 0.286. The van der Waals surface area contributed by atoms with Crippen molar-refractivity contribution < 1.29 is 4.84 Å². The maximum absolute atomic E-state index is 5.74. The summed E-state index contributed by atoms with van der Waals surface area (Å²) in [6.07, 6.45) is 5.36. The first-order valence-corrected chi connectivity index (χ1v) is 8.36. The number of likely N-dealkylation sites (N-methyl/N-ethyl adjacent to an activating group) is 1. The van der Waals surface area contributed by atoms with E-state index in [0.29, 0.717) is 6.61 Å².